The van der Waals surface area contributed by atoms with Crippen molar-refractivity contribution in [2.24, 2.45) is 0 Å². The normalized spacial score (nSPS) is 12.9. The molecule has 0 aliphatic rings. The average Bonchev–Trinajstić information content (AvgIpc) is 2.74. The molecule has 0 saturated carbocycles. The van der Waals surface area contributed by atoms with Gasteiger partial charge in [0, 0.05) is 13.1 Å². The fourth-order valence-corrected chi connectivity index (χ4v) is 1.37. The number of methoxy groups -OCH3 is 1. The van der Waals surface area contributed by atoms with Gasteiger partial charge in [-0.05, 0) is 6.07 Å². The van der Waals surface area contributed by atoms with Gasteiger partial charge in [0.25, 0.3) is 0 Å². The number of nitrogens with zero attached hydrogens (tertiary/aromatic N) is 2. The molecule has 1 heterocycles. The van der Waals surface area contributed by atoms with E-state index >= 15 is 0 Å². The van der Waals surface area contributed by atoms with E-state index in [-0.39, 0.29) is 6.54 Å². The third-order valence-corrected chi connectivity index (χ3v) is 2.16. The number of ether oxygens (including phenoxy) is 1. The van der Waals surface area contributed by atoms with Crippen LogP contribution in [0.4, 0.5) is 13.2 Å². The summed E-state index contributed by atoms with van der Waals surface area (Å²) in [6, 6.07) is -0.314. The van der Waals surface area contributed by atoms with Crippen molar-refractivity contribution in [1.29, 1.82) is 0 Å². The van der Waals surface area contributed by atoms with Crippen LogP contribution in [0, 0.1) is 0 Å². The van der Waals surface area contributed by atoms with Gasteiger partial charge in [0.05, 0.1) is 13.7 Å². The molecule has 1 N–H and O–H groups in total. The van der Waals surface area contributed by atoms with Gasteiger partial charge >= 0.3 is 12.1 Å². The fraction of sp³-hybridized carbons (Fsp3) is 0.500. The van der Waals surface area contributed by atoms with E-state index in [4.69, 9.17) is 0 Å². The van der Waals surface area contributed by atoms with E-state index < -0.39 is 29.8 Å². The highest BCUT2D eigenvalue weighted by molar-refractivity contribution is 5.83. The highest BCUT2D eigenvalue weighted by atomic mass is 19.4. The number of esters is 1. The third kappa shape index (κ3) is 4.27. The quantitative estimate of drug-likeness (QED) is 0.818. The number of amides is 1. The molecule has 0 aliphatic carbocycles. The van der Waals surface area contributed by atoms with Crippen LogP contribution in [-0.4, -0.2) is 34.8 Å². The zero-order valence-electron chi connectivity index (χ0n) is 10.2. The molecule has 9 heteroatoms. The second-order valence-corrected chi connectivity index (χ2v) is 3.70. The van der Waals surface area contributed by atoms with Gasteiger partial charge in [0.1, 0.15) is 6.04 Å². The van der Waals surface area contributed by atoms with Crippen molar-refractivity contribution < 1.29 is 27.5 Å². The molecule has 0 radical (unpaired) electrons. The molecule has 1 atom stereocenters. The van der Waals surface area contributed by atoms with Crippen LogP contribution < -0.4 is 5.32 Å². The summed E-state index contributed by atoms with van der Waals surface area (Å²) in [6.07, 6.45) is -3.49. The van der Waals surface area contributed by atoms with Crippen LogP contribution in [0.2, 0.25) is 0 Å². The Morgan fingerprint density at radius 3 is 2.58 bits per heavy atom. The predicted molar refractivity (Wildman–Crippen MR) is 56.8 cm³/mol. The minimum Gasteiger partial charge on any atom is -0.467 e. The Hall–Kier alpha value is -2.06. The van der Waals surface area contributed by atoms with Gasteiger partial charge in [-0.2, -0.15) is 18.3 Å². The molecule has 1 rings (SSSR count). The van der Waals surface area contributed by atoms with E-state index in [0.29, 0.717) is 0 Å². The zero-order valence-corrected chi connectivity index (χ0v) is 10.2. The van der Waals surface area contributed by atoms with E-state index in [1.54, 1.807) is 0 Å². The Balaban J connectivity index is 2.82. The molecule has 106 valence electrons. The Morgan fingerprint density at radius 2 is 2.16 bits per heavy atom. The van der Waals surface area contributed by atoms with Crippen LogP contribution in [-0.2, 0) is 27.0 Å². The Kier molecular flexibility index (Phi) is 4.52. The molecule has 0 saturated heterocycles. The third-order valence-electron chi connectivity index (χ3n) is 2.16. The van der Waals surface area contributed by atoms with Crippen molar-refractivity contribution in [3.8, 4) is 0 Å². The molecular weight excluding hydrogens is 267 g/mol. The molecule has 1 unspecified atom stereocenters. The van der Waals surface area contributed by atoms with E-state index in [9.17, 15) is 22.8 Å². The van der Waals surface area contributed by atoms with Gasteiger partial charge < -0.3 is 10.1 Å². The highest BCUT2D eigenvalue weighted by Crippen LogP contribution is 2.27. The molecule has 19 heavy (non-hydrogen) atoms. The summed E-state index contributed by atoms with van der Waals surface area (Å²) >= 11 is 0. The summed E-state index contributed by atoms with van der Waals surface area (Å²) in [5, 5.41) is 5.55. The Labute approximate surface area is 106 Å². The van der Waals surface area contributed by atoms with E-state index in [1.807, 2.05) is 0 Å². The van der Waals surface area contributed by atoms with Gasteiger partial charge in [-0.1, -0.05) is 0 Å². The summed E-state index contributed by atoms with van der Waals surface area (Å²) in [4.78, 5) is 22.3. The van der Waals surface area contributed by atoms with Crippen LogP contribution in [0.25, 0.3) is 0 Å². The first-order chi connectivity index (χ1) is 8.74. The van der Waals surface area contributed by atoms with Gasteiger partial charge in [-0.15, -0.1) is 0 Å². The zero-order chi connectivity index (χ0) is 14.6. The smallest absolute Gasteiger partial charge is 0.435 e. The summed E-state index contributed by atoms with van der Waals surface area (Å²) in [5.74, 6) is -1.27. The largest absolute Gasteiger partial charge is 0.467 e. The average molecular weight is 279 g/mol. The van der Waals surface area contributed by atoms with Gasteiger partial charge in [0.2, 0.25) is 5.91 Å². The van der Waals surface area contributed by atoms with Crippen molar-refractivity contribution >= 4 is 11.9 Å². The number of halogens is 3. The number of nitrogens with one attached hydrogen (secondary N) is 1. The molecule has 0 aliphatic heterocycles. The van der Waals surface area contributed by atoms with Crippen LogP contribution in [0.3, 0.4) is 0 Å². The second kappa shape index (κ2) is 5.72. The van der Waals surface area contributed by atoms with Crippen LogP contribution >= 0.6 is 0 Å². The highest BCUT2D eigenvalue weighted by Gasteiger charge is 2.34. The van der Waals surface area contributed by atoms with Crippen molar-refractivity contribution in [2.75, 3.05) is 7.11 Å². The second-order valence-electron chi connectivity index (χ2n) is 3.70. The topological polar surface area (TPSA) is 73.2 Å². The molecule has 1 aromatic heterocycles. The standard InChI is InChI=1S/C10H12F3N3O3/c1-6(17)14-7(9(18)19-2)5-16-4-3-8(15-16)10(11,12)13/h3-4,7H,5H2,1-2H3,(H,14,17). The monoisotopic (exact) mass is 279 g/mol. The summed E-state index contributed by atoms with van der Waals surface area (Å²) in [7, 11) is 1.11. The maximum Gasteiger partial charge on any atom is 0.435 e. The molecule has 0 aromatic carbocycles. The predicted octanol–water partition coefficient (Wildman–Crippen LogP) is 0.580. The summed E-state index contributed by atoms with van der Waals surface area (Å²) in [6.45, 7) is 0.933. The van der Waals surface area contributed by atoms with Gasteiger partial charge in [0.15, 0.2) is 5.69 Å². The number of carbonyl (C=O) groups excluding carboxylic acids is 2. The molecule has 6 nitrogen and oxygen atoms in total. The minimum absolute atomic E-state index is 0.248. The lowest BCUT2D eigenvalue weighted by molar-refractivity contribution is -0.145. The lowest BCUT2D eigenvalue weighted by Crippen LogP contribution is -2.43. The van der Waals surface area contributed by atoms with Gasteiger partial charge in [-0.25, -0.2) is 4.79 Å². The van der Waals surface area contributed by atoms with E-state index in [2.05, 4.69) is 15.2 Å². The number of rotatable bonds is 4. The Bertz CT molecular complexity index is 470. The lowest BCUT2D eigenvalue weighted by Gasteiger charge is -2.15. The number of hydrogen-bond donors (Lipinski definition) is 1. The molecule has 1 aromatic rings. The summed E-state index contributed by atoms with van der Waals surface area (Å²) < 4.78 is 42.4. The van der Waals surface area contributed by atoms with Crippen LogP contribution in [0.15, 0.2) is 12.3 Å². The van der Waals surface area contributed by atoms with Crippen LogP contribution in [0.1, 0.15) is 12.6 Å². The Morgan fingerprint density at radius 1 is 1.53 bits per heavy atom. The fourth-order valence-electron chi connectivity index (χ4n) is 1.37. The molecular formula is C10H12F3N3O3. The molecule has 0 bridgehead atoms. The number of alkyl halides is 3. The maximum absolute atomic E-state index is 12.3. The molecule has 0 spiro atoms. The minimum atomic E-state index is -4.56. The van der Waals surface area contributed by atoms with Crippen molar-refractivity contribution in [1.82, 2.24) is 15.1 Å². The lowest BCUT2D eigenvalue weighted by atomic mass is 10.3. The van der Waals surface area contributed by atoms with Crippen molar-refractivity contribution in [2.45, 2.75) is 25.7 Å². The maximum atomic E-state index is 12.3. The van der Waals surface area contributed by atoms with E-state index in [1.165, 1.54) is 6.92 Å². The van der Waals surface area contributed by atoms with E-state index in [0.717, 1.165) is 24.1 Å². The first-order valence-corrected chi connectivity index (χ1v) is 5.19. The van der Waals surface area contributed by atoms with Crippen LogP contribution in [0.5, 0.6) is 0 Å². The number of hydrogen-bond acceptors (Lipinski definition) is 4. The van der Waals surface area contributed by atoms with Crippen molar-refractivity contribution in [3.05, 3.63) is 18.0 Å². The molecule has 0 fully saturated rings. The first kappa shape index (κ1) is 15.0. The summed E-state index contributed by atoms with van der Waals surface area (Å²) in [5.41, 5.74) is -1.07. The number of carbonyl (C=O) groups is 2. The van der Waals surface area contributed by atoms with Crippen molar-refractivity contribution in [3.63, 3.8) is 0 Å². The SMILES string of the molecule is COC(=O)C(Cn1ccc(C(F)(F)F)n1)NC(C)=O. The molecule has 1 amide bonds. The van der Waals surface area contributed by atoms with Gasteiger partial charge in [-0.3, -0.25) is 9.48 Å². The first-order valence-electron chi connectivity index (χ1n) is 5.19. The number of aromatic nitrogens is 2.